The quantitative estimate of drug-likeness (QED) is 0.707. The minimum Gasteiger partial charge on any atom is -0.369 e. The molecule has 2 aromatic carbocycles. The number of nitrogens with one attached hydrogen (secondary N) is 1. The molecule has 0 unspecified atom stereocenters. The van der Waals surface area contributed by atoms with E-state index < -0.39 is 10.0 Å². The molecule has 0 saturated heterocycles. The van der Waals surface area contributed by atoms with Crippen LogP contribution in [-0.4, -0.2) is 21.6 Å². The highest BCUT2D eigenvalue weighted by molar-refractivity contribution is 7.89. The molecule has 0 fully saturated rings. The van der Waals surface area contributed by atoms with E-state index in [1.807, 2.05) is 37.3 Å². The van der Waals surface area contributed by atoms with Crippen molar-refractivity contribution in [1.29, 1.82) is 0 Å². The van der Waals surface area contributed by atoms with Crippen molar-refractivity contribution in [3.63, 3.8) is 0 Å². The molecule has 2 rings (SSSR count). The van der Waals surface area contributed by atoms with Gasteiger partial charge < -0.3 is 4.74 Å². The number of aryl methyl sites for hydroxylation is 1. The van der Waals surface area contributed by atoms with Crippen LogP contribution in [0.2, 0.25) is 0 Å². The lowest BCUT2D eigenvalue weighted by Gasteiger charge is -2.18. The van der Waals surface area contributed by atoms with Crippen molar-refractivity contribution < 1.29 is 13.2 Å². The van der Waals surface area contributed by atoms with Crippen LogP contribution in [0.15, 0.2) is 72.1 Å². The minimum absolute atomic E-state index is 0.176. The summed E-state index contributed by atoms with van der Waals surface area (Å²) in [5.41, 5.74) is 2.05. The van der Waals surface area contributed by atoms with E-state index in [1.165, 1.54) is 0 Å². The van der Waals surface area contributed by atoms with Gasteiger partial charge in [0.1, 0.15) is 0 Å². The number of hydrogen-bond acceptors (Lipinski definition) is 3. The molecular formula is C19H23NO3S. The first-order valence-corrected chi connectivity index (χ1v) is 9.35. The van der Waals surface area contributed by atoms with Crippen molar-refractivity contribution in [1.82, 2.24) is 4.72 Å². The number of sulfonamides is 1. The summed E-state index contributed by atoms with van der Waals surface area (Å²) in [6, 6.07) is 16.6. The van der Waals surface area contributed by atoms with Crippen molar-refractivity contribution in [2.24, 2.45) is 0 Å². The lowest BCUT2D eigenvalue weighted by atomic mass is 10.1. The Bertz CT molecular complexity index is 740. The zero-order chi connectivity index (χ0) is 17.4. The number of ether oxygens (including phenoxy) is 1. The van der Waals surface area contributed by atoms with E-state index in [4.69, 9.17) is 4.74 Å². The Kier molecular flexibility index (Phi) is 6.73. The van der Waals surface area contributed by atoms with Gasteiger partial charge in [-0.15, -0.1) is 6.58 Å². The largest absolute Gasteiger partial charge is 0.369 e. The molecule has 0 radical (unpaired) electrons. The van der Waals surface area contributed by atoms with Gasteiger partial charge >= 0.3 is 0 Å². The van der Waals surface area contributed by atoms with Crippen LogP contribution in [0.25, 0.3) is 0 Å². The van der Waals surface area contributed by atoms with Gasteiger partial charge in [0, 0.05) is 6.54 Å². The standard InChI is InChI=1S/C19H23NO3S/c1-3-15-23-19(17-7-5-4-6-8-17)13-14-20-24(21,22)18-11-9-16(2)10-12-18/h3-12,19-20H,1,13-15H2,2H3/t19-/m1/s1. The molecule has 24 heavy (non-hydrogen) atoms. The van der Waals surface area contributed by atoms with Crippen LogP contribution < -0.4 is 4.72 Å². The van der Waals surface area contributed by atoms with E-state index in [1.54, 1.807) is 30.3 Å². The van der Waals surface area contributed by atoms with E-state index in [-0.39, 0.29) is 11.0 Å². The fourth-order valence-corrected chi connectivity index (χ4v) is 3.37. The summed E-state index contributed by atoms with van der Waals surface area (Å²) in [6.45, 7) is 6.30. The summed E-state index contributed by atoms with van der Waals surface area (Å²) in [5.74, 6) is 0. The summed E-state index contributed by atoms with van der Waals surface area (Å²) in [4.78, 5) is 0.274. The van der Waals surface area contributed by atoms with Crippen LogP contribution in [0.5, 0.6) is 0 Å². The third kappa shape index (κ3) is 5.30. The predicted octanol–water partition coefficient (Wildman–Crippen LogP) is 3.61. The number of hydrogen-bond donors (Lipinski definition) is 1. The van der Waals surface area contributed by atoms with E-state index >= 15 is 0 Å². The summed E-state index contributed by atoms with van der Waals surface area (Å²) < 4.78 is 33.0. The molecule has 4 nitrogen and oxygen atoms in total. The monoisotopic (exact) mass is 345 g/mol. The van der Waals surface area contributed by atoms with E-state index in [9.17, 15) is 8.42 Å². The molecule has 0 heterocycles. The molecule has 5 heteroatoms. The zero-order valence-corrected chi connectivity index (χ0v) is 14.6. The maximum atomic E-state index is 12.3. The Morgan fingerprint density at radius 3 is 2.42 bits per heavy atom. The second-order valence-electron chi connectivity index (χ2n) is 5.52. The van der Waals surface area contributed by atoms with Gasteiger partial charge in [-0.05, 0) is 31.0 Å². The van der Waals surface area contributed by atoms with E-state index in [0.29, 0.717) is 19.6 Å². The van der Waals surface area contributed by atoms with Crippen molar-refractivity contribution in [2.45, 2.75) is 24.3 Å². The molecule has 0 aliphatic carbocycles. The average molecular weight is 345 g/mol. The Morgan fingerprint density at radius 2 is 1.79 bits per heavy atom. The third-order valence-corrected chi connectivity index (χ3v) is 5.09. The van der Waals surface area contributed by atoms with Gasteiger partial charge in [0.15, 0.2) is 0 Å². The SMILES string of the molecule is C=CCO[C@H](CCNS(=O)(=O)c1ccc(C)cc1)c1ccccc1. The summed E-state index contributed by atoms with van der Waals surface area (Å²) in [6.07, 6.45) is 2.06. The Labute approximate surface area is 144 Å². The summed E-state index contributed by atoms with van der Waals surface area (Å²) >= 11 is 0. The molecule has 0 aliphatic heterocycles. The normalized spacial score (nSPS) is 12.7. The van der Waals surface area contributed by atoms with Gasteiger partial charge in [-0.2, -0.15) is 0 Å². The summed E-state index contributed by atoms with van der Waals surface area (Å²) in [7, 11) is -3.50. The van der Waals surface area contributed by atoms with Gasteiger partial charge in [-0.1, -0.05) is 54.1 Å². The highest BCUT2D eigenvalue weighted by atomic mass is 32.2. The first-order valence-electron chi connectivity index (χ1n) is 7.86. The van der Waals surface area contributed by atoms with Crippen LogP contribution in [0.1, 0.15) is 23.7 Å². The lowest BCUT2D eigenvalue weighted by Crippen LogP contribution is -2.26. The molecule has 0 saturated carbocycles. The Hall–Kier alpha value is -1.95. The van der Waals surface area contributed by atoms with Crippen LogP contribution in [-0.2, 0) is 14.8 Å². The number of rotatable bonds is 9. The fourth-order valence-electron chi connectivity index (χ4n) is 2.32. The maximum Gasteiger partial charge on any atom is 0.240 e. The van der Waals surface area contributed by atoms with Gasteiger partial charge in [-0.25, -0.2) is 13.1 Å². The molecule has 0 bridgehead atoms. The second kappa shape index (κ2) is 8.78. The highest BCUT2D eigenvalue weighted by Crippen LogP contribution is 2.21. The maximum absolute atomic E-state index is 12.3. The minimum atomic E-state index is -3.50. The zero-order valence-electron chi connectivity index (χ0n) is 13.8. The highest BCUT2D eigenvalue weighted by Gasteiger charge is 2.16. The van der Waals surface area contributed by atoms with Crippen molar-refractivity contribution >= 4 is 10.0 Å². The number of benzene rings is 2. The van der Waals surface area contributed by atoms with Crippen molar-refractivity contribution in [3.05, 3.63) is 78.4 Å². The molecule has 0 aromatic heterocycles. The van der Waals surface area contributed by atoms with Gasteiger partial charge in [0.2, 0.25) is 10.0 Å². The topological polar surface area (TPSA) is 55.4 Å². The molecule has 0 spiro atoms. The molecule has 0 aliphatic rings. The average Bonchev–Trinajstić information content (AvgIpc) is 2.59. The van der Waals surface area contributed by atoms with Gasteiger partial charge in [-0.3, -0.25) is 0 Å². The van der Waals surface area contributed by atoms with Crippen LogP contribution in [0.3, 0.4) is 0 Å². The smallest absolute Gasteiger partial charge is 0.240 e. The van der Waals surface area contributed by atoms with Crippen LogP contribution in [0.4, 0.5) is 0 Å². The lowest BCUT2D eigenvalue weighted by molar-refractivity contribution is 0.0687. The van der Waals surface area contributed by atoms with Crippen molar-refractivity contribution in [2.75, 3.05) is 13.2 Å². The van der Waals surface area contributed by atoms with Gasteiger partial charge in [0.25, 0.3) is 0 Å². The van der Waals surface area contributed by atoms with Crippen molar-refractivity contribution in [3.8, 4) is 0 Å². The molecule has 2 aromatic rings. The van der Waals surface area contributed by atoms with Gasteiger partial charge in [0.05, 0.1) is 17.6 Å². The van der Waals surface area contributed by atoms with Crippen LogP contribution >= 0.6 is 0 Å². The Balaban J connectivity index is 1.99. The second-order valence-corrected chi connectivity index (χ2v) is 7.29. The summed E-state index contributed by atoms with van der Waals surface area (Å²) in [5, 5.41) is 0. The van der Waals surface area contributed by atoms with E-state index in [2.05, 4.69) is 11.3 Å². The first-order chi connectivity index (χ1) is 11.5. The third-order valence-electron chi connectivity index (χ3n) is 3.62. The fraction of sp³-hybridized carbons (Fsp3) is 0.263. The molecule has 0 amide bonds. The van der Waals surface area contributed by atoms with Crippen LogP contribution in [0, 0.1) is 6.92 Å². The predicted molar refractivity (Wildman–Crippen MR) is 96.3 cm³/mol. The molecular weight excluding hydrogens is 322 g/mol. The molecule has 1 N–H and O–H groups in total. The Morgan fingerprint density at radius 1 is 1.12 bits per heavy atom. The molecule has 1 atom stereocenters. The first kappa shape index (κ1) is 18.4. The molecule has 128 valence electrons. The van der Waals surface area contributed by atoms with E-state index in [0.717, 1.165) is 11.1 Å².